The molecule has 2 amide bonds. The minimum absolute atomic E-state index is 0.0131. The number of carbonyl (C=O) groups excluding carboxylic acids is 2. The molecule has 1 heterocycles. The Balaban J connectivity index is 1.54. The number of amides is 2. The minimum Gasteiger partial charge on any atom is -0.352 e. The Bertz CT molecular complexity index is 540. The van der Waals surface area contributed by atoms with Crippen LogP contribution in [-0.4, -0.2) is 35.8 Å². The van der Waals surface area contributed by atoms with E-state index in [9.17, 15) is 9.59 Å². The Kier molecular flexibility index (Phi) is 3.18. The lowest BCUT2D eigenvalue weighted by atomic mass is 9.40. The second-order valence-corrected chi connectivity index (χ2v) is 9.85. The van der Waals surface area contributed by atoms with Gasteiger partial charge in [-0.3, -0.25) is 9.59 Å². The van der Waals surface area contributed by atoms with E-state index in [1.807, 2.05) is 0 Å². The third-order valence-corrected chi connectivity index (χ3v) is 6.96. The van der Waals surface area contributed by atoms with Crippen molar-refractivity contribution >= 4 is 11.8 Å². The summed E-state index contributed by atoms with van der Waals surface area (Å²) in [4.78, 5) is 26.8. The minimum atomic E-state index is -0.103. The molecule has 0 unspecified atom stereocenters. The fraction of sp³-hybridized carbons (Fsp3) is 0.895. The van der Waals surface area contributed by atoms with Gasteiger partial charge in [-0.15, -0.1) is 0 Å². The van der Waals surface area contributed by atoms with Gasteiger partial charge in [0.05, 0.1) is 5.41 Å². The van der Waals surface area contributed by atoms with Crippen molar-refractivity contribution in [2.75, 3.05) is 13.1 Å². The first-order valence-corrected chi connectivity index (χ1v) is 9.28. The predicted molar refractivity (Wildman–Crippen MR) is 88.6 cm³/mol. The lowest BCUT2D eigenvalue weighted by molar-refractivity contribution is -0.178. The number of hydrogen-bond donors (Lipinski definition) is 1. The molecule has 4 aliphatic carbocycles. The van der Waals surface area contributed by atoms with Gasteiger partial charge in [0.25, 0.3) is 0 Å². The van der Waals surface area contributed by atoms with E-state index in [-0.39, 0.29) is 17.4 Å². The number of nitrogens with zero attached hydrogens (tertiary/aromatic N) is 1. The molecule has 4 nitrogen and oxygen atoms in total. The summed E-state index contributed by atoms with van der Waals surface area (Å²) in [6.45, 7) is 7.91. The van der Waals surface area contributed by atoms with Crippen molar-refractivity contribution in [1.29, 1.82) is 0 Å². The predicted octanol–water partition coefficient (Wildman–Crippen LogP) is 2.72. The Morgan fingerprint density at radius 3 is 2.26 bits per heavy atom. The topological polar surface area (TPSA) is 49.4 Å². The van der Waals surface area contributed by atoms with Gasteiger partial charge >= 0.3 is 0 Å². The summed E-state index contributed by atoms with van der Waals surface area (Å²) < 4.78 is 0. The molecule has 0 radical (unpaired) electrons. The van der Waals surface area contributed by atoms with Crippen LogP contribution in [0.5, 0.6) is 0 Å². The molecule has 4 saturated carbocycles. The summed E-state index contributed by atoms with van der Waals surface area (Å²) in [6, 6.07) is 0.150. The van der Waals surface area contributed by atoms with Crippen LogP contribution >= 0.6 is 0 Å². The fourth-order valence-corrected chi connectivity index (χ4v) is 7.37. The van der Waals surface area contributed by atoms with Gasteiger partial charge < -0.3 is 10.2 Å². The smallest absolute Gasteiger partial charge is 0.228 e. The molecule has 4 bridgehead atoms. The average molecular weight is 318 g/mol. The Morgan fingerprint density at radius 2 is 1.70 bits per heavy atom. The van der Waals surface area contributed by atoms with Gasteiger partial charge in [0.1, 0.15) is 0 Å². The molecule has 1 aliphatic heterocycles. The number of likely N-dealkylation sites (tertiary alicyclic amines) is 1. The standard InChI is InChI=1S/C19H30N2O2/c1-13(22)20-15-4-5-21(9-15)16(23)19-8-14-6-17(2,11-19)10-18(3,7-14)12-19/h14-15H,4-12H2,1-3H3,(H,20,22)/t14?,15-,17+,18+,19?/m0/s1. The lowest BCUT2D eigenvalue weighted by Gasteiger charge is -2.65. The van der Waals surface area contributed by atoms with E-state index in [4.69, 9.17) is 0 Å². The Morgan fingerprint density at radius 1 is 1.04 bits per heavy atom. The maximum Gasteiger partial charge on any atom is 0.228 e. The van der Waals surface area contributed by atoms with Crippen molar-refractivity contribution in [3.8, 4) is 0 Å². The molecule has 0 spiro atoms. The van der Waals surface area contributed by atoms with Crippen molar-refractivity contribution in [3.05, 3.63) is 0 Å². The third-order valence-electron chi connectivity index (χ3n) is 6.96. The Labute approximate surface area is 139 Å². The van der Waals surface area contributed by atoms with Crippen LogP contribution < -0.4 is 5.32 Å². The SMILES string of the molecule is CC(=O)N[C@H]1CCN(C(=O)C23CC4C[C@@](C)(C2)C[C@@](C)(C4)C3)C1. The maximum atomic E-state index is 13.4. The molecule has 3 atom stereocenters. The summed E-state index contributed by atoms with van der Waals surface area (Å²) in [5, 5.41) is 2.98. The summed E-state index contributed by atoms with van der Waals surface area (Å²) in [5.74, 6) is 1.16. The highest BCUT2D eigenvalue weighted by Crippen LogP contribution is 2.69. The van der Waals surface area contributed by atoms with Gasteiger partial charge in [0, 0.05) is 26.1 Å². The second-order valence-electron chi connectivity index (χ2n) is 9.85. The first-order chi connectivity index (χ1) is 10.7. The molecule has 4 heteroatoms. The fourth-order valence-electron chi connectivity index (χ4n) is 7.37. The van der Waals surface area contributed by atoms with Crippen LogP contribution in [0.2, 0.25) is 0 Å². The molecular formula is C19H30N2O2. The van der Waals surface area contributed by atoms with Crippen LogP contribution in [0.1, 0.15) is 65.7 Å². The van der Waals surface area contributed by atoms with Crippen molar-refractivity contribution in [2.24, 2.45) is 22.2 Å². The highest BCUT2D eigenvalue weighted by Gasteiger charge is 2.63. The number of nitrogens with one attached hydrogen (secondary N) is 1. The zero-order chi connectivity index (χ0) is 16.5. The van der Waals surface area contributed by atoms with E-state index in [0.717, 1.165) is 38.1 Å². The lowest BCUT2D eigenvalue weighted by Crippen LogP contribution is -2.60. The van der Waals surface area contributed by atoms with Gasteiger partial charge in [-0.05, 0) is 61.7 Å². The highest BCUT2D eigenvalue weighted by atomic mass is 16.2. The molecule has 0 aromatic heterocycles. The van der Waals surface area contributed by atoms with E-state index in [1.165, 1.54) is 19.3 Å². The van der Waals surface area contributed by atoms with Crippen molar-refractivity contribution in [3.63, 3.8) is 0 Å². The molecule has 5 fully saturated rings. The summed E-state index contributed by atoms with van der Waals surface area (Å²) in [7, 11) is 0. The van der Waals surface area contributed by atoms with E-state index in [2.05, 4.69) is 24.1 Å². The first kappa shape index (κ1) is 15.5. The quantitative estimate of drug-likeness (QED) is 0.851. The van der Waals surface area contributed by atoms with Crippen LogP contribution in [0, 0.1) is 22.2 Å². The number of carbonyl (C=O) groups is 2. The number of hydrogen-bond acceptors (Lipinski definition) is 2. The monoisotopic (exact) mass is 318 g/mol. The zero-order valence-corrected chi connectivity index (χ0v) is 14.8. The summed E-state index contributed by atoms with van der Waals surface area (Å²) in [5.41, 5.74) is 0.648. The molecular weight excluding hydrogens is 288 g/mol. The van der Waals surface area contributed by atoms with Gasteiger partial charge in [0.2, 0.25) is 11.8 Å². The number of rotatable bonds is 2. The van der Waals surface area contributed by atoms with Crippen LogP contribution in [-0.2, 0) is 9.59 Å². The summed E-state index contributed by atoms with van der Waals surface area (Å²) in [6.07, 6.45) is 8.15. The molecule has 5 rings (SSSR count). The molecule has 0 aromatic rings. The molecule has 0 aromatic carbocycles. The van der Waals surface area contributed by atoms with Gasteiger partial charge in [0.15, 0.2) is 0 Å². The van der Waals surface area contributed by atoms with E-state index >= 15 is 0 Å². The summed E-state index contributed by atoms with van der Waals surface area (Å²) >= 11 is 0. The average Bonchev–Trinajstić information content (AvgIpc) is 2.80. The van der Waals surface area contributed by atoms with Crippen LogP contribution in [0.3, 0.4) is 0 Å². The largest absolute Gasteiger partial charge is 0.352 e. The molecule has 128 valence electrons. The van der Waals surface area contributed by atoms with Gasteiger partial charge in [-0.1, -0.05) is 13.8 Å². The van der Waals surface area contributed by atoms with Crippen LogP contribution in [0.15, 0.2) is 0 Å². The first-order valence-electron chi connectivity index (χ1n) is 9.28. The molecule has 1 N–H and O–H groups in total. The second kappa shape index (κ2) is 4.73. The van der Waals surface area contributed by atoms with Crippen LogP contribution in [0.25, 0.3) is 0 Å². The van der Waals surface area contributed by atoms with Crippen molar-refractivity contribution in [1.82, 2.24) is 10.2 Å². The molecule has 23 heavy (non-hydrogen) atoms. The Hall–Kier alpha value is -1.06. The highest BCUT2D eigenvalue weighted by molar-refractivity contribution is 5.84. The van der Waals surface area contributed by atoms with Crippen molar-refractivity contribution < 1.29 is 9.59 Å². The normalized spacial score (nSPS) is 47.9. The maximum absolute atomic E-state index is 13.4. The van der Waals surface area contributed by atoms with E-state index in [0.29, 0.717) is 23.3 Å². The van der Waals surface area contributed by atoms with Crippen molar-refractivity contribution in [2.45, 2.75) is 71.8 Å². The third kappa shape index (κ3) is 2.49. The van der Waals surface area contributed by atoms with E-state index in [1.54, 1.807) is 6.92 Å². The van der Waals surface area contributed by atoms with Crippen LogP contribution in [0.4, 0.5) is 0 Å². The van der Waals surface area contributed by atoms with Gasteiger partial charge in [-0.2, -0.15) is 0 Å². The molecule has 1 saturated heterocycles. The van der Waals surface area contributed by atoms with E-state index < -0.39 is 0 Å². The van der Waals surface area contributed by atoms with Gasteiger partial charge in [-0.25, -0.2) is 0 Å². The molecule has 5 aliphatic rings. The zero-order valence-electron chi connectivity index (χ0n) is 14.8.